The third kappa shape index (κ3) is 4.14. The van der Waals surface area contributed by atoms with Gasteiger partial charge in [0, 0.05) is 6.54 Å². The Hall–Kier alpha value is -3.36. The molecule has 1 aliphatic rings. The van der Waals surface area contributed by atoms with Crippen molar-refractivity contribution >= 4 is 12.1 Å². The average Bonchev–Trinajstić information content (AvgIpc) is 2.76. The average molecular weight is 415 g/mol. The molecule has 1 atom stereocenters. The van der Waals surface area contributed by atoms with Crippen LogP contribution in [0.5, 0.6) is 5.75 Å². The second kappa shape index (κ2) is 8.98. The van der Waals surface area contributed by atoms with E-state index in [0.29, 0.717) is 25.8 Å². The van der Waals surface area contributed by atoms with Gasteiger partial charge in [-0.05, 0) is 31.7 Å². The fourth-order valence-electron chi connectivity index (χ4n) is 3.61. The maximum absolute atomic E-state index is 12.7. The molecule has 2 N–H and O–H groups in total. The van der Waals surface area contributed by atoms with E-state index >= 15 is 0 Å². The summed E-state index contributed by atoms with van der Waals surface area (Å²) >= 11 is 0. The summed E-state index contributed by atoms with van der Waals surface area (Å²) in [4.78, 5) is 41.6. The lowest BCUT2D eigenvalue weighted by atomic mass is 9.86. The molecular formula is C21H25N3O6. The van der Waals surface area contributed by atoms with Gasteiger partial charge in [0.15, 0.2) is 5.69 Å². The molecule has 2 heterocycles. The number of aromatic nitrogens is 2. The Morgan fingerprint density at radius 2 is 1.97 bits per heavy atom. The van der Waals surface area contributed by atoms with Crippen LogP contribution in [-0.2, 0) is 28.2 Å². The van der Waals surface area contributed by atoms with Crippen molar-refractivity contribution in [1.82, 2.24) is 14.9 Å². The van der Waals surface area contributed by atoms with Gasteiger partial charge in [0.05, 0.1) is 6.61 Å². The van der Waals surface area contributed by atoms with E-state index in [-0.39, 0.29) is 19.0 Å². The van der Waals surface area contributed by atoms with Gasteiger partial charge in [0.25, 0.3) is 5.56 Å². The minimum absolute atomic E-state index is 0.0708. The number of carbonyl (C=O) groups is 2. The molecule has 9 heteroatoms. The molecule has 1 aromatic heterocycles. The largest absolute Gasteiger partial charge is 0.501 e. The van der Waals surface area contributed by atoms with Crippen molar-refractivity contribution in [2.24, 2.45) is 0 Å². The first kappa shape index (κ1) is 21.4. The minimum Gasteiger partial charge on any atom is -0.501 e. The Morgan fingerprint density at radius 1 is 1.23 bits per heavy atom. The van der Waals surface area contributed by atoms with Crippen LogP contribution in [0, 0.1) is 0 Å². The Morgan fingerprint density at radius 3 is 2.63 bits per heavy atom. The number of fused-ring (bicyclic) bond motifs is 1. The topological polar surface area (TPSA) is 120 Å². The Bertz CT molecular complexity index is 988. The van der Waals surface area contributed by atoms with Gasteiger partial charge in [-0.2, -0.15) is 0 Å². The molecule has 0 aliphatic carbocycles. The molecule has 0 saturated carbocycles. The first-order valence-corrected chi connectivity index (χ1v) is 9.92. The molecule has 160 valence electrons. The van der Waals surface area contributed by atoms with Gasteiger partial charge in [-0.25, -0.2) is 14.6 Å². The van der Waals surface area contributed by atoms with Crippen LogP contribution in [0.2, 0.25) is 0 Å². The maximum atomic E-state index is 12.7. The molecule has 9 nitrogen and oxygen atoms in total. The van der Waals surface area contributed by atoms with Crippen LogP contribution in [0.3, 0.4) is 0 Å². The maximum Gasteiger partial charge on any atom is 0.408 e. The quantitative estimate of drug-likeness (QED) is 0.695. The summed E-state index contributed by atoms with van der Waals surface area (Å²) < 4.78 is 11.5. The number of hydrogen-bond acceptors (Lipinski definition) is 7. The summed E-state index contributed by atoms with van der Waals surface area (Å²) in [6, 6.07) is 9.25. The number of aromatic hydroxyl groups is 1. The lowest BCUT2D eigenvalue weighted by molar-refractivity contribution is 0.0512. The van der Waals surface area contributed by atoms with Crippen molar-refractivity contribution in [2.75, 3.05) is 6.61 Å². The van der Waals surface area contributed by atoms with Crippen LogP contribution in [0.15, 0.2) is 35.1 Å². The number of ether oxygens (including phenoxy) is 2. The monoisotopic (exact) mass is 415 g/mol. The van der Waals surface area contributed by atoms with E-state index in [9.17, 15) is 19.5 Å². The highest BCUT2D eigenvalue weighted by Gasteiger charge is 2.41. The minimum atomic E-state index is -1.01. The molecule has 0 spiro atoms. The predicted molar refractivity (Wildman–Crippen MR) is 107 cm³/mol. The molecule has 1 unspecified atom stereocenters. The molecule has 1 aromatic carbocycles. The van der Waals surface area contributed by atoms with E-state index in [4.69, 9.17) is 9.47 Å². The van der Waals surface area contributed by atoms with Crippen LogP contribution in [0.4, 0.5) is 4.79 Å². The molecule has 30 heavy (non-hydrogen) atoms. The van der Waals surface area contributed by atoms with E-state index in [1.807, 2.05) is 37.3 Å². The second-order valence-corrected chi connectivity index (χ2v) is 7.04. The number of nitrogens with one attached hydrogen (secondary N) is 1. The fourth-order valence-corrected chi connectivity index (χ4v) is 3.61. The zero-order chi connectivity index (χ0) is 21.7. The van der Waals surface area contributed by atoms with Crippen molar-refractivity contribution in [3.8, 4) is 5.75 Å². The Kier molecular flexibility index (Phi) is 6.39. The van der Waals surface area contributed by atoms with Crippen LogP contribution in [0.1, 0.15) is 55.0 Å². The number of esters is 1. The summed E-state index contributed by atoms with van der Waals surface area (Å²) in [5.74, 6) is -1.44. The lowest BCUT2D eigenvalue weighted by Crippen LogP contribution is -2.52. The molecule has 0 bridgehead atoms. The van der Waals surface area contributed by atoms with Gasteiger partial charge >= 0.3 is 12.1 Å². The van der Waals surface area contributed by atoms with Gasteiger partial charge in [-0.1, -0.05) is 37.3 Å². The van der Waals surface area contributed by atoms with E-state index in [2.05, 4.69) is 10.3 Å². The van der Waals surface area contributed by atoms with Crippen LogP contribution in [0.25, 0.3) is 0 Å². The van der Waals surface area contributed by atoms with Crippen LogP contribution in [-0.4, -0.2) is 33.3 Å². The molecule has 1 aliphatic heterocycles. The molecular weight excluding hydrogens is 390 g/mol. The van der Waals surface area contributed by atoms with Gasteiger partial charge < -0.3 is 19.9 Å². The third-order valence-corrected chi connectivity index (χ3v) is 5.19. The van der Waals surface area contributed by atoms with E-state index < -0.39 is 34.6 Å². The van der Waals surface area contributed by atoms with Crippen molar-refractivity contribution < 1.29 is 24.2 Å². The van der Waals surface area contributed by atoms with Crippen LogP contribution < -0.4 is 10.9 Å². The number of carbonyl (C=O) groups excluding carboxylic acids is 2. The van der Waals surface area contributed by atoms with Gasteiger partial charge in [0.1, 0.15) is 18.0 Å². The lowest BCUT2D eigenvalue weighted by Gasteiger charge is -2.38. The molecule has 0 fully saturated rings. The molecule has 0 radical (unpaired) electrons. The number of benzene rings is 1. The van der Waals surface area contributed by atoms with Crippen molar-refractivity contribution in [2.45, 2.75) is 51.8 Å². The van der Waals surface area contributed by atoms with E-state index in [1.165, 1.54) is 4.57 Å². The van der Waals surface area contributed by atoms with Crippen molar-refractivity contribution in [3.05, 3.63) is 57.8 Å². The second-order valence-electron chi connectivity index (χ2n) is 7.04. The highest BCUT2D eigenvalue weighted by molar-refractivity contribution is 5.90. The molecule has 2 aromatic rings. The fraction of sp³-hybridized carbons (Fsp3) is 0.429. The van der Waals surface area contributed by atoms with E-state index in [0.717, 1.165) is 5.56 Å². The molecule has 0 saturated heterocycles. The summed E-state index contributed by atoms with van der Waals surface area (Å²) in [7, 11) is 0. The number of nitrogens with zero attached hydrogens (tertiary/aromatic N) is 2. The van der Waals surface area contributed by atoms with Crippen LogP contribution >= 0.6 is 0 Å². The first-order valence-electron chi connectivity index (χ1n) is 9.92. The summed E-state index contributed by atoms with van der Waals surface area (Å²) in [5, 5.41) is 13.0. The van der Waals surface area contributed by atoms with Gasteiger partial charge in [-0.3, -0.25) is 9.36 Å². The molecule has 3 rings (SSSR count). The summed E-state index contributed by atoms with van der Waals surface area (Å²) in [6.45, 7) is 3.94. The summed E-state index contributed by atoms with van der Waals surface area (Å²) in [5.41, 5.74) is -1.36. The number of rotatable bonds is 6. The van der Waals surface area contributed by atoms with E-state index in [1.54, 1.807) is 6.92 Å². The SMILES string of the molecule is CCOC(=O)c1nc2n(c(=O)c1O)CCCC2(CC)NC(=O)OCc1ccccc1. The van der Waals surface area contributed by atoms with Gasteiger partial charge in [-0.15, -0.1) is 0 Å². The van der Waals surface area contributed by atoms with Gasteiger partial charge in [0.2, 0.25) is 5.75 Å². The first-order chi connectivity index (χ1) is 14.4. The highest BCUT2D eigenvalue weighted by Crippen LogP contribution is 2.33. The zero-order valence-electron chi connectivity index (χ0n) is 17.0. The number of hydrogen-bond donors (Lipinski definition) is 2. The smallest absolute Gasteiger partial charge is 0.408 e. The Labute approximate surface area is 173 Å². The van der Waals surface area contributed by atoms with Crippen molar-refractivity contribution in [1.29, 1.82) is 0 Å². The Balaban J connectivity index is 1.92. The summed E-state index contributed by atoms with van der Waals surface area (Å²) in [6.07, 6.45) is 0.838. The third-order valence-electron chi connectivity index (χ3n) is 5.19. The number of alkyl carbamates (subject to hydrolysis) is 1. The normalized spacial score (nSPS) is 17.7. The molecule has 1 amide bonds. The van der Waals surface area contributed by atoms with Crippen molar-refractivity contribution in [3.63, 3.8) is 0 Å². The zero-order valence-corrected chi connectivity index (χ0v) is 17.0. The predicted octanol–water partition coefficient (Wildman–Crippen LogP) is 2.45. The highest BCUT2D eigenvalue weighted by atomic mass is 16.5. The standard InChI is InChI=1S/C21H25N3O6/c1-3-21(23-20(28)30-13-14-9-6-5-7-10-14)11-8-12-24-17(26)16(25)15(22-19(21)24)18(27)29-4-2/h5-7,9-10,25H,3-4,8,11-13H2,1-2H3,(H,23,28). The number of amides is 1.